The predicted octanol–water partition coefficient (Wildman–Crippen LogP) is 3.23. The van der Waals surface area contributed by atoms with Gasteiger partial charge in [0.25, 0.3) is 0 Å². The van der Waals surface area contributed by atoms with Gasteiger partial charge in [-0.1, -0.05) is 12.1 Å². The number of rotatable bonds is 8. The Bertz CT molecular complexity index is 995. The number of benzene rings is 1. The molecule has 0 amide bonds. The van der Waals surface area contributed by atoms with E-state index in [0.29, 0.717) is 13.1 Å². The number of hydrogen-bond acceptors (Lipinski definition) is 4. The molecule has 2 heterocycles. The van der Waals surface area contributed by atoms with Gasteiger partial charge in [0, 0.05) is 44.3 Å². The highest BCUT2D eigenvalue weighted by Crippen LogP contribution is 2.30. The summed E-state index contributed by atoms with van der Waals surface area (Å²) in [6.45, 7) is 4.19. The highest BCUT2D eigenvalue weighted by atomic mass is 16.5. The molecule has 4 rings (SSSR count). The summed E-state index contributed by atoms with van der Waals surface area (Å²) in [6.07, 6.45) is 9.74. The van der Waals surface area contributed by atoms with E-state index in [1.165, 1.54) is 18.4 Å². The summed E-state index contributed by atoms with van der Waals surface area (Å²) >= 11 is 0. The summed E-state index contributed by atoms with van der Waals surface area (Å²) in [5, 5.41) is 6.75. The summed E-state index contributed by atoms with van der Waals surface area (Å²) in [7, 11) is 1.78. The normalized spacial score (nSPS) is 13.9. The largest absolute Gasteiger partial charge is 0.493 e. The summed E-state index contributed by atoms with van der Waals surface area (Å²) in [6, 6.07) is 10.4. The molecular formula is C23H28N6O. The van der Waals surface area contributed by atoms with Gasteiger partial charge < -0.3 is 15.4 Å². The maximum atomic E-state index is 6.07. The summed E-state index contributed by atoms with van der Waals surface area (Å²) < 4.78 is 7.96. The molecule has 0 radical (unpaired) electrons. The van der Waals surface area contributed by atoms with Gasteiger partial charge in [-0.25, -0.2) is 9.97 Å². The van der Waals surface area contributed by atoms with Gasteiger partial charge in [-0.15, -0.1) is 0 Å². The van der Waals surface area contributed by atoms with E-state index in [1.54, 1.807) is 25.8 Å². The van der Waals surface area contributed by atoms with Gasteiger partial charge in [-0.2, -0.15) is 0 Å². The first-order valence-corrected chi connectivity index (χ1v) is 10.3. The Hall–Kier alpha value is -3.35. The van der Waals surface area contributed by atoms with Crippen LogP contribution >= 0.6 is 0 Å². The number of ether oxygens (including phenoxy) is 1. The molecule has 0 atom stereocenters. The van der Waals surface area contributed by atoms with Crippen LogP contribution in [-0.2, 0) is 13.1 Å². The van der Waals surface area contributed by atoms with Gasteiger partial charge in [0.2, 0.25) is 0 Å². The van der Waals surface area contributed by atoms with Gasteiger partial charge in [-0.3, -0.25) is 9.56 Å². The van der Waals surface area contributed by atoms with E-state index in [2.05, 4.69) is 50.7 Å². The molecule has 0 unspecified atom stereocenters. The molecule has 1 fully saturated rings. The number of pyridine rings is 1. The van der Waals surface area contributed by atoms with Gasteiger partial charge in [0.05, 0.1) is 6.61 Å². The molecule has 1 aliphatic rings. The standard InChI is InChI=1S/C23H28N6O/c1-17-3-6-20(21(11-17)30-15-18-4-5-18)14-28-23(24-2)27-13-19-7-8-26-22(12-19)29-10-9-25-16-29/h3,6-12,16,18H,4-5,13-15H2,1-2H3,(H2,24,27,28). The Morgan fingerprint density at radius 2 is 2.03 bits per heavy atom. The highest BCUT2D eigenvalue weighted by Gasteiger charge is 2.22. The van der Waals surface area contributed by atoms with Crippen LogP contribution in [0.2, 0.25) is 0 Å². The molecule has 2 aromatic heterocycles. The lowest BCUT2D eigenvalue weighted by Gasteiger charge is -2.15. The van der Waals surface area contributed by atoms with Crippen molar-refractivity contribution >= 4 is 5.96 Å². The van der Waals surface area contributed by atoms with E-state index in [1.807, 2.05) is 22.9 Å². The van der Waals surface area contributed by atoms with Crippen LogP contribution in [-0.4, -0.2) is 34.1 Å². The van der Waals surface area contributed by atoms with E-state index >= 15 is 0 Å². The SMILES string of the molecule is CN=C(NCc1ccnc(-n2ccnc2)c1)NCc1ccc(C)cc1OCC1CC1. The average molecular weight is 405 g/mol. The van der Waals surface area contributed by atoms with Crippen molar-refractivity contribution in [3.8, 4) is 11.6 Å². The number of nitrogens with zero attached hydrogens (tertiary/aromatic N) is 4. The molecular weight excluding hydrogens is 376 g/mol. The number of imidazole rings is 1. The van der Waals surface area contributed by atoms with E-state index in [9.17, 15) is 0 Å². The van der Waals surface area contributed by atoms with Crippen molar-refractivity contribution in [2.24, 2.45) is 10.9 Å². The molecule has 0 aliphatic heterocycles. The third-order valence-electron chi connectivity index (χ3n) is 5.10. The van der Waals surface area contributed by atoms with E-state index < -0.39 is 0 Å². The number of hydrogen-bond donors (Lipinski definition) is 2. The van der Waals surface area contributed by atoms with Crippen LogP contribution in [0, 0.1) is 12.8 Å². The monoisotopic (exact) mass is 404 g/mol. The second-order valence-corrected chi connectivity index (χ2v) is 7.64. The lowest BCUT2D eigenvalue weighted by molar-refractivity contribution is 0.296. The van der Waals surface area contributed by atoms with Crippen LogP contribution in [0.1, 0.15) is 29.5 Å². The molecule has 3 aromatic rings. The van der Waals surface area contributed by atoms with E-state index in [4.69, 9.17) is 4.74 Å². The van der Waals surface area contributed by atoms with Crippen molar-refractivity contribution in [2.45, 2.75) is 32.9 Å². The first-order chi connectivity index (χ1) is 14.7. The van der Waals surface area contributed by atoms with E-state index in [-0.39, 0.29) is 0 Å². The smallest absolute Gasteiger partial charge is 0.191 e. The molecule has 1 aromatic carbocycles. The van der Waals surface area contributed by atoms with Crippen LogP contribution in [0.15, 0.2) is 60.2 Å². The molecule has 7 nitrogen and oxygen atoms in total. The highest BCUT2D eigenvalue weighted by molar-refractivity contribution is 5.79. The van der Waals surface area contributed by atoms with Crippen molar-refractivity contribution in [2.75, 3.05) is 13.7 Å². The Morgan fingerprint density at radius 1 is 1.17 bits per heavy atom. The topological polar surface area (TPSA) is 76.4 Å². The third-order valence-corrected chi connectivity index (χ3v) is 5.10. The first kappa shape index (κ1) is 19.9. The van der Waals surface area contributed by atoms with Crippen molar-refractivity contribution in [1.82, 2.24) is 25.2 Å². The van der Waals surface area contributed by atoms with Crippen molar-refractivity contribution < 1.29 is 4.74 Å². The fraction of sp³-hybridized carbons (Fsp3) is 0.348. The lowest BCUT2D eigenvalue weighted by atomic mass is 10.1. The molecule has 0 bridgehead atoms. The van der Waals surface area contributed by atoms with Crippen molar-refractivity contribution in [1.29, 1.82) is 0 Å². The Morgan fingerprint density at radius 3 is 2.80 bits per heavy atom. The average Bonchev–Trinajstić information content (AvgIpc) is 3.44. The minimum atomic E-state index is 0.642. The minimum Gasteiger partial charge on any atom is -0.493 e. The number of guanidine groups is 1. The maximum absolute atomic E-state index is 6.07. The van der Waals surface area contributed by atoms with Crippen LogP contribution in [0.4, 0.5) is 0 Å². The van der Waals surface area contributed by atoms with Crippen molar-refractivity contribution in [3.63, 3.8) is 0 Å². The van der Waals surface area contributed by atoms with Crippen molar-refractivity contribution in [3.05, 3.63) is 71.9 Å². The molecule has 7 heteroatoms. The number of aliphatic imine (C=N–C) groups is 1. The Balaban J connectivity index is 1.34. The van der Waals surface area contributed by atoms with Gasteiger partial charge in [0.15, 0.2) is 5.96 Å². The quantitative estimate of drug-likeness (QED) is 0.445. The zero-order valence-electron chi connectivity index (χ0n) is 17.5. The maximum Gasteiger partial charge on any atom is 0.191 e. The Labute approximate surface area is 177 Å². The zero-order valence-corrected chi connectivity index (χ0v) is 17.5. The second kappa shape index (κ2) is 9.43. The summed E-state index contributed by atoms with van der Waals surface area (Å²) in [5.41, 5.74) is 3.45. The van der Waals surface area contributed by atoms with Crippen LogP contribution in [0.3, 0.4) is 0 Å². The fourth-order valence-electron chi connectivity index (χ4n) is 3.13. The molecule has 2 N–H and O–H groups in total. The molecule has 30 heavy (non-hydrogen) atoms. The zero-order chi connectivity index (χ0) is 20.8. The molecule has 0 spiro atoms. The van der Waals surface area contributed by atoms with E-state index in [0.717, 1.165) is 41.2 Å². The fourth-order valence-corrected chi connectivity index (χ4v) is 3.13. The third kappa shape index (κ3) is 5.37. The number of nitrogens with one attached hydrogen (secondary N) is 2. The minimum absolute atomic E-state index is 0.642. The van der Waals surface area contributed by atoms with Gasteiger partial charge in [-0.05, 0) is 55.0 Å². The molecule has 156 valence electrons. The summed E-state index contributed by atoms with van der Waals surface area (Å²) in [4.78, 5) is 12.8. The Kier molecular flexibility index (Phi) is 6.27. The summed E-state index contributed by atoms with van der Waals surface area (Å²) in [5.74, 6) is 3.27. The van der Waals surface area contributed by atoms with Crippen LogP contribution in [0.5, 0.6) is 5.75 Å². The van der Waals surface area contributed by atoms with Crippen LogP contribution in [0.25, 0.3) is 5.82 Å². The van der Waals surface area contributed by atoms with Crippen LogP contribution < -0.4 is 15.4 Å². The molecule has 1 aliphatic carbocycles. The first-order valence-electron chi connectivity index (χ1n) is 10.3. The van der Waals surface area contributed by atoms with Gasteiger partial charge in [0.1, 0.15) is 17.9 Å². The number of aromatic nitrogens is 3. The molecule has 0 saturated heterocycles. The number of aryl methyl sites for hydroxylation is 1. The lowest BCUT2D eigenvalue weighted by Crippen LogP contribution is -2.36. The molecule has 1 saturated carbocycles. The van der Waals surface area contributed by atoms with Gasteiger partial charge >= 0.3 is 0 Å². The predicted molar refractivity (Wildman–Crippen MR) is 118 cm³/mol. The second-order valence-electron chi connectivity index (χ2n) is 7.64.